The van der Waals surface area contributed by atoms with Crippen LogP contribution in [-0.2, 0) is 20.9 Å². The van der Waals surface area contributed by atoms with E-state index < -0.39 is 12.0 Å². The molecule has 1 heterocycles. The van der Waals surface area contributed by atoms with Gasteiger partial charge in [0.1, 0.15) is 11.9 Å². The number of ether oxygens (including phenoxy) is 1. The summed E-state index contributed by atoms with van der Waals surface area (Å²) in [6.45, 7) is 3.58. The summed E-state index contributed by atoms with van der Waals surface area (Å²) in [7, 11) is 0. The van der Waals surface area contributed by atoms with Gasteiger partial charge in [-0.15, -0.1) is 0 Å². The monoisotopic (exact) mass is 294 g/mol. The van der Waals surface area contributed by atoms with E-state index in [1.807, 2.05) is 4.90 Å². The first-order chi connectivity index (χ1) is 10.1. The molecule has 1 N–H and O–H groups in total. The maximum Gasteiger partial charge on any atom is 0.307 e. The smallest absolute Gasteiger partial charge is 0.307 e. The van der Waals surface area contributed by atoms with E-state index in [-0.39, 0.29) is 24.8 Å². The first-order valence-corrected chi connectivity index (χ1v) is 7.02. The SMILES string of the molecule is CCOC(=O)C[C@@H]1C(=O)NCCN1Cc1cccc(F)c1. The van der Waals surface area contributed by atoms with Crippen molar-refractivity contribution in [3.05, 3.63) is 35.6 Å². The van der Waals surface area contributed by atoms with Crippen molar-refractivity contribution in [1.82, 2.24) is 10.2 Å². The minimum Gasteiger partial charge on any atom is -0.466 e. The second kappa shape index (κ2) is 7.17. The second-order valence-corrected chi connectivity index (χ2v) is 4.92. The van der Waals surface area contributed by atoms with Crippen LogP contribution >= 0.6 is 0 Å². The molecule has 0 spiro atoms. The van der Waals surface area contributed by atoms with Crippen molar-refractivity contribution >= 4 is 11.9 Å². The zero-order valence-electron chi connectivity index (χ0n) is 12.0. The molecule has 5 nitrogen and oxygen atoms in total. The first kappa shape index (κ1) is 15.4. The summed E-state index contributed by atoms with van der Waals surface area (Å²) in [6, 6.07) is 5.68. The van der Waals surface area contributed by atoms with E-state index in [2.05, 4.69) is 5.32 Å². The number of nitrogens with zero attached hydrogens (tertiary/aromatic N) is 1. The van der Waals surface area contributed by atoms with Crippen molar-refractivity contribution < 1.29 is 18.7 Å². The molecule has 1 aromatic carbocycles. The fraction of sp³-hybridized carbons (Fsp3) is 0.467. The number of rotatable bonds is 5. The maximum atomic E-state index is 13.2. The van der Waals surface area contributed by atoms with Crippen molar-refractivity contribution in [2.45, 2.75) is 25.9 Å². The van der Waals surface area contributed by atoms with Gasteiger partial charge < -0.3 is 10.1 Å². The van der Waals surface area contributed by atoms with Crippen molar-refractivity contribution in [2.75, 3.05) is 19.7 Å². The molecule has 1 amide bonds. The Morgan fingerprint density at radius 2 is 2.33 bits per heavy atom. The predicted octanol–water partition coefficient (Wildman–Crippen LogP) is 1.08. The summed E-state index contributed by atoms with van der Waals surface area (Å²) in [5.74, 6) is -0.898. The van der Waals surface area contributed by atoms with Gasteiger partial charge >= 0.3 is 5.97 Å². The van der Waals surface area contributed by atoms with Gasteiger partial charge in [0.15, 0.2) is 0 Å². The van der Waals surface area contributed by atoms with Crippen LogP contribution in [-0.4, -0.2) is 42.5 Å². The van der Waals surface area contributed by atoms with Crippen LogP contribution in [0.25, 0.3) is 0 Å². The van der Waals surface area contributed by atoms with Crippen LogP contribution in [0.4, 0.5) is 4.39 Å². The Morgan fingerprint density at radius 3 is 3.05 bits per heavy atom. The van der Waals surface area contributed by atoms with E-state index >= 15 is 0 Å². The number of benzene rings is 1. The zero-order valence-corrected chi connectivity index (χ0v) is 12.0. The molecule has 6 heteroatoms. The fourth-order valence-corrected chi connectivity index (χ4v) is 2.42. The van der Waals surface area contributed by atoms with Crippen molar-refractivity contribution in [3.63, 3.8) is 0 Å². The quantitative estimate of drug-likeness (QED) is 0.826. The van der Waals surface area contributed by atoms with Crippen LogP contribution < -0.4 is 5.32 Å². The van der Waals surface area contributed by atoms with E-state index in [1.54, 1.807) is 19.1 Å². The Labute approximate surface area is 123 Å². The number of piperazine rings is 1. The molecule has 21 heavy (non-hydrogen) atoms. The molecular formula is C15H19FN2O3. The molecule has 1 atom stereocenters. The maximum absolute atomic E-state index is 13.2. The number of carbonyl (C=O) groups excluding carboxylic acids is 2. The molecule has 0 aliphatic carbocycles. The van der Waals surface area contributed by atoms with Gasteiger partial charge in [0, 0.05) is 19.6 Å². The number of esters is 1. The summed E-state index contributed by atoms with van der Waals surface area (Å²) in [6.07, 6.45) is 0.00892. The van der Waals surface area contributed by atoms with E-state index in [0.29, 0.717) is 19.6 Å². The Hall–Kier alpha value is -1.95. The lowest BCUT2D eigenvalue weighted by Gasteiger charge is -2.34. The highest BCUT2D eigenvalue weighted by molar-refractivity contribution is 5.87. The number of carbonyl (C=O) groups is 2. The van der Waals surface area contributed by atoms with Crippen LogP contribution in [0.5, 0.6) is 0 Å². The van der Waals surface area contributed by atoms with Gasteiger partial charge in [-0.05, 0) is 24.6 Å². The zero-order chi connectivity index (χ0) is 15.2. The highest BCUT2D eigenvalue weighted by atomic mass is 19.1. The van der Waals surface area contributed by atoms with E-state index in [4.69, 9.17) is 4.74 Å². The minimum atomic E-state index is -0.568. The molecule has 0 unspecified atom stereocenters. The lowest BCUT2D eigenvalue weighted by atomic mass is 10.1. The largest absolute Gasteiger partial charge is 0.466 e. The highest BCUT2D eigenvalue weighted by Gasteiger charge is 2.32. The van der Waals surface area contributed by atoms with Gasteiger partial charge in [-0.1, -0.05) is 12.1 Å². The van der Waals surface area contributed by atoms with E-state index in [1.165, 1.54) is 12.1 Å². The Balaban J connectivity index is 2.07. The number of nitrogens with one attached hydrogen (secondary N) is 1. The molecule has 0 aromatic heterocycles. The Kier molecular flexibility index (Phi) is 5.27. The van der Waals surface area contributed by atoms with Gasteiger partial charge in [0.05, 0.1) is 13.0 Å². The molecule has 1 aliphatic heterocycles. The summed E-state index contributed by atoms with van der Waals surface area (Å²) in [5, 5.41) is 2.74. The second-order valence-electron chi connectivity index (χ2n) is 4.92. The van der Waals surface area contributed by atoms with Gasteiger partial charge in [-0.3, -0.25) is 14.5 Å². The van der Waals surface area contributed by atoms with Crippen LogP contribution in [0.1, 0.15) is 18.9 Å². The van der Waals surface area contributed by atoms with Gasteiger partial charge in [0.2, 0.25) is 5.91 Å². The average Bonchev–Trinajstić information content (AvgIpc) is 2.43. The number of hydrogen-bond acceptors (Lipinski definition) is 4. The third-order valence-electron chi connectivity index (χ3n) is 3.38. The standard InChI is InChI=1S/C15H19FN2O3/c1-2-21-14(19)9-13-15(20)17-6-7-18(13)10-11-4-3-5-12(16)8-11/h3-5,8,13H,2,6-7,9-10H2,1H3,(H,17,20)/t13-/m1/s1. The van der Waals surface area contributed by atoms with Gasteiger partial charge in [-0.2, -0.15) is 0 Å². The molecule has 1 aromatic rings. The minimum absolute atomic E-state index is 0.00892. The van der Waals surface area contributed by atoms with Crippen molar-refractivity contribution in [2.24, 2.45) is 0 Å². The molecule has 2 rings (SSSR count). The number of halogens is 1. The Morgan fingerprint density at radius 1 is 1.52 bits per heavy atom. The van der Waals surface area contributed by atoms with Crippen LogP contribution in [0, 0.1) is 5.82 Å². The summed E-state index contributed by atoms with van der Waals surface area (Å²) < 4.78 is 18.1. The molecule has 1 aliphatic rings. The summed E-state index contributed by atoms with van der Waals surface area (Å²) in [5.41, 5.74) is 0.776. The van der Waals surface area contributed by atoms with Crippen molar-refractivity contribution in [1.29, 1.82) is 0 Å². The molecule has 114 valence electrons. The van der Waals surface area contributed by atoms with Gasteiger partial charge in [-0.25, -0.2) is 4.39 Å². The van der Waals surface area contributed by atoms with Crippen LogP contribution in [0.3, 0.4) is 0 Å². The van der Waals surface area contributed by atoms with Crippen LogP contribution in [0.2, 0.25) is 0 Å². The first-order valence-electron chi connectivity index (χ1n) is 7.02. The molecule has 0 saturated carbocycles. The third-order valence-corrected chi connectivity index (χ3v) is 3.38. The predicted molar refractivity (Wildman–Crippen MR) is 74.9 cm³/mol. The third kappa shape index (κ3) is 4.26. The fourth-order valence-electron chi connectivity index (χ4n) is 2.42. The van der Waals surface area contributed by atoms with Crippen molar-refractivity contribution in [3.8, 4) is 0 Å². The molecular weight excluding hydrogens is 275 g/mol. The molecule has 1 fully saturated rings. The number of amides is 1. The highest BCUT2D eigenvalue weighted by Crippen LogP contribution is 2.15. The van der Waals surface area contributed by atoms with Crippen LogP contribution in [0.15, 0.2) is 24.3 Å². The molecule has 1 saturated heterocycles. The lowest BCUT2D eigenvalue weighted by Crippen LogP contribution is -2.55. The topological polar surface area (TPSA) is 58.6 Å². The van der Waals surface area contributed by atoms with Gasteiger partial charge in [0.25, 0.3) is 0 Å². The average molecular weight is 294 g/mol. The van der Waals surface area contributed by atoms with E-state index in [0.717, 1.165) is 5.56 Å². The van der Waals surface area contributed by atoms with E-state index in [9.17, 15) is 14.0 Å². The molecule has 0 bridgehead atoms. The summed E-state index contributed by atoms with van der Waals surface area (Å²) in [4.78, 5) is 25.5. The normalized spacial score (nSPS) is 19.1. The summed E-state index contributed by atoms with van der Waals surface area (Å²) >= 11 is 0. The molecule has 0 radical (unpaired) electrons. The Bertz CT molecular complexity index is 521. The number of hydrogen-bond donors (Lipinski definition) is 1. The lowest BCUT2D eigenvalue weighted by molar-refractivity contribution is -0.148.